The summed E-state index contributed by atoms with van der Waals surface area (Å²) in [5.74, 6) is 0.522. The molecule has 0 aliphatic carbocycles. The average Bonchev–Trinajstić information content (AvgIpc) is 2.85. The first-order valence-electron chi connectivity index (χ1n) is 11.5. The van der Waals surface area contributed by atoms with E-state index < -0.39 is 11.7 Å². The second-order valence-electron chi connectivity index (χ2n) is 8.64. The van der Waals surface area contributed by atoms with Gasteiger partial charge in [0.15, 0.2) is 5.16 Å². The largest absolute Gasteiger partial charge is 0.494 e. The molecule has 0 saturated heterocycles. The predicted molar refractivity (Wildman–Crippen MR) is 141 cm³/mol. The number of hydrogen-bond acceptors (Lipinski definition) is 8. The molecule has 0 N–H and O–H groups in total. The van der Waals surface area contributed by atoms with Crippen molar-refractivity contribution in [3.63, 3.8) is 0 Å². The fraction of sp³-hybridized carbons (Fsp3) is 0.440. The fourth-order valence-electron chi connectivity index (χ4n) is 3.85. The first kappa shape index (κ1) is 26.3. The Kier molecular flexibility index (Phi) is 7.94. The van der Waals surface area contributed by atoms with E-state index in [1.807, 2.05) is 57.9 Å². The van der Waals surface area contributed by atoms with Gasteiger partial charge in [0.2, 0.25) is 0 Å². The Balaban J connectivity index is 0.00000167. The van der Waals surface area contributed by atoms with Crippen LogP contribution in [0, 0.1) is 0 Å². The fourth-order valence-corrected chi connectivity index (χ4v) is 4.19. The number of methoxy groups -OCH3 is 1. The van der Waals surface area contributed by atoms with E-state index in [0.717, 1.165) is 5.39 Å². The Morgan fingerprint density at radius 1 is 1.14 bits per heavy atom. The number of rotatable bonds is 3. The number of anilines is 3. The first-order chi connectivity index (χ1) is 16.6. The molecule has 4 rings (SSSR count). The van der Waals surface area contributed by atoms with Gasteiger partial charge in [-0.2, -0.15) is 0 Å². The Bertz CT molecular complexity index is 1290. The summed E-state index contributed by atoms with van der Waals surface area (Å²) in [6, 6.07) is 7.29. The highest BCUT2D eigenvalue weighted by Gasteiger charge is 2.34. The second-order valence-corrected chi connectivity index (χ2v) is 9.41. The molecular formula is C25H33N5O4S. The Labute approximate surface area is 210 Å². The van der Waals surface area contributed by atoms with E-state index in [-0.39, 0.29) is 5.56 Å². The highest BCUT2D eigenvalue weighted by molar-refractivity contribution is 7.98. The number of pyridine rings is 1. The van der Waals surface area contributed by atoms with Crippen LogP contribution in [-0.2, 0) is 11.8 Å². The molecule has 0 radical (unpaired) electrons. The molecule has 10 heteroatoms. The lowest BCUT2D eigenvalue weighted by molar-refractivity contribution is 0.0579. The van der Waals surface area contributed by atoms with Crippen molar-refractivity contribution in [2.24, 2.45) is 7.05 Å². The molecule has 9 nitrogen and oxygen atoms in total. The molecule has 0 spiro atoms. The van der Waals surface area contributed by atoms with Crippen LogP contribution in [0.2, 0.25) is 0 Å². The molecule has 35 heavy (non-hydrogen) atoms. The third-order valence-electron chi connectivity index (χ3n) is 5.30. The maximum atomic E-state index is 13.4. The van der Waals surface area contributed by atoms with E-state index in [9.17, 15) is 9.59 Å². The van der Waals surface area contributed by atoms with Crippen molar-refractivity contribution in [3.05, 3.63) is 40.8 Å². The summed E-state index contributed by atoms with van der Waals surface area (Å²) < 4.78 is 12.7. The lowest BCUT2D eigenvalue weighted by Crippen LogP contribution is -2.46. The smallest absolute Gasteiger partial charge is 0.415 e. The van der Waals surface area contributed by atoms with Gasteiger partial charge in [-0.25, -0.2) is 14.8 Å². The number of aryl methyl sites for hydroxylation is 1. The molecule has 1 aliphatic rings. The van der Waals surface area contributed by atoms with Crippen LogP contribution in [-0.4, -0.2) is 52.7 Å². The lowest BCUT2D eigenvalue weighted by atomic mass is 10.1. The van der Waals surface area contributed by atoms with E-state index in [0.29, 0.717) is 46.7 Å². The zero-order valence-corrected chi connectivity index (χ0v) is 22.4. The molecule has 2 aromatic heterocycles. The third-order valence-corrected chi connectivity index (χ3v) is 5.86. The molecular weight excluding hydrogens is 466 g/mol. The number of thioether (sulfide) groups is 1. The van der Waals surface area contributed by atoms with Gasteiger partial charge in [0.25, 0.3) is 5.56 Å². The van der Waals surface area contributed by atoms with Crippen LogP contribution < -0.4 is 20.1 Å². The molecule has 3 aromatic rings. The number of para-hydroxylation sites is 1. The van der Waals surface area contributed by atoms with Crippen molar-refractivity contribution in [1.82, 2.24) is 14.5 Å². The van der Waals surface area contributed by atoms with Crippen LogP contribution in [0.25, 0.3) is 11.0 Å². The number of amides is 1. The second kappa shape index (κ2) is 10.6. The maximum Gasteiger partial charge on any atom is 0.415 e. The summed E-state index contributed by atoms with van der Waals surface area (Å²) in [6.07, 6.45) is 3.15. The summed E-state index contributed by atoms with van der Waals surface area (Å²) in [7, 11) is 3.26. The molecule has 3 heterocycles. The quantitative estimate of drug-likeness (QED) is 0.368. The monoisotopic (exact) mass is 499 g/mol. The number of aromatic nitrogens is 3. The maximum absolute atomic E-state index is 13.4. The first-order valence-corrected chi connectivity index (χ1v) is 12.7. The molecule has 0 unspecified atom stereocenters. The third kappa shape index (κ3) is 5.22. The van der Waals surface area contributed by atoms with E-state index in [1.54, 1.807) is 37.4 Å². The van der Waals surface area contributed by atoms with Crippen molar-refractivity contribution in [1.29, 1.82) is 0 Å². The molecule has 0 atom stereocenters. The van der Waals surface area contributed by atoms with Gasteiger partial charge in [-0.1, -0.05) is 31.7 Å². The van der Waals surface area contributed by atoms with Crippen LogP contribution in [0.5, 0.6) is 5.75 Å². The standard InChI is InChI=1S/C23H27N5O4S.C2H6/c1-23(2,3)32-22(30)28-11-10-27(15-8-7-9-17(31-5)18(15)28)16-12-14-13-24-21(33-6)25-19(14)26(4)20(16)29;1-2/h7-9,12-13H,10-11H2,1-6H3;1-2H3. The highest BCUT2D eigenvalue weighted by Crippen LogP contribution is 2.43. The SMILES string of the molecule is CC.COc1cccc2c1N(C(=O)OC(C)(C)C)CCN2c1cc2cnc(SC)nc2n(C)c1=O. The highest BCUT2D eigenvalue weighted by atomic mass is 32.2. The van der Waals surface area contributed by atoms with Gasteiger partial charge in [0, 0.05) is 31.7 Å². The summed E-state index contributed by atoms with van der Waals surface area (Å²) in [5, 5.41) is 1.36. The Morgan fingerprint density at radius 3 is 2.49 bits per heavy atom. The number of fused-ring (bicyclic) bond motifs is 2. The van der Waals surface area contributed by atoms with Crippen LogP contribution in [0.4, 0.5) is 21.9 Å². The number of hydrogen-bond donors (Lipinski definition) is 0. The van der Waals surface area contributed by atoms with Crippen LogP contribution in [0.1, 0.15) is 34.6 Å². The van der Waals surface area contributed by atoms with Gasteiger partial charge >= 0.3 is 6.09 Å². The van der Waals surface area contributed by atoms with E-state index in [1.165, 1.54) is 16.3 Å². The summed E-state index contributed by atoms with van der Waals surface area (Å²) in [6.45, 7) is 10.2. The normalized spacial score (nSPS) is 13.1. The Morgan fingerprint density at radius 2 is 1.86 bits per heavy atom. The van der Waals surface area contributed by atoms with Crippen molar-refractivity contribution >= 4 is 46.0 Å². The molecule has 0 saturated carbocycles. The van der Waals surface area contributed by atoms with Gasteiger partial charge < -0.3 is 14.4 Å². The van der Waals surface area contributed by atoms with Gasteiger partial charge in [0.05, 0.1) is 12.8 Å². The van der Waals surface area contributed by atoms with Crippen molar-refractivity contribution < 1.29 is 14.3 Å². The minimum absolute atomic E-state index is 0.187. The summed E-state index contributed by atoms with van der Waals surface area (Å²) in [4.78, 5) is 38.7. The molecule has 0 fully saturated rings. The van der Waals surface area contributed by atoms with E-state index in [2.05, 4.69) is 9.97 Å². The molecule has 1 amide bonds. The van der Waals surface area contributed by atoms with Crippen molar-refractivity contribution in [3.8, 4) is 5.75 Å². The van der Waals surface area contributed by atoms with Gasteiger partial charge in [-0.15, -0.1) is 0 Å². The van der Waals surface area contributed by atoms with Crippen molar-refractivity contribution in [2.75, 3.05) is 36.3 Å². The number of carbonyl (C=O) groups is 1. The molecule has 188 valence electrons. The zero-order valence-electron chi connectivity index (χ0n) is 21.6. The van der Waals surface area contributed by atoms with Crippen LogP contribution >= 0.6 is 11.8 Å². The van der Waals surface area contributed by atoms with Crippen LogP contribution in [0.3, 0.4) is 0 Å². The Hall–Kier alpha value is -3.27. The molecule has 1 aliphatic heterocycles. The van der Waals surface area contributed by atoms with Crippen LogP contribution in [0.15, 0.2) is 40.4 Å². The average molecular weight is 500 g/mol. The van der Waals surface area contributed by atoms with E-state index >= 15 is 0 Å². The number of ether oxygens (including phenoxy) is 2. The van der Waals surface area contributed by atoms with Crippen molar-refractivity contribution in [2.45, 2.75) is 45.4 Å². The lowest BCUT2D eigenvalue weighted by Gasteiger charge is -2.38. The number of carbonyl (C=O) groups excluding carboxylic acids is 1. The van der Waals surface area contributed by atoms with E-state index in [4.69, 9.17) is 9.47 Å². The van der Waals surface area contributed by atoms with Gasteiger partial charge in [0.1, 0.15) is 28.4 Å². The zero-order chi connectivity index (χ0) is 25.9. The molecule has 1 aromatic carbocycles. The predicted octanol–water partition coefficient (Wildman–Crippen LogP) is 4.98. The topological polar surface area (TPSA) is 89.8 Å². The summed E-state index contributed by atoms with van der Waals surface area (Å²) in [5.41, 5.74) is 1.47. The number of nitrogens with zero attached hydrogens (tertiary/aromatic N) is 5. The summed E-state index contributed by atoms with van der Waals surface area (Å²) >= 11 is 1.42. The minimum Gasteiger partial charge on any atom is -0.494 e. The number of benzene rings is 1. The van der Waals surface area contributed by atoms with Gasteiger partial charge in [-0.3, -0.25) is 14.3 Å². The van der Waals surface area contributed by atoms with Gasteiger partial charge in [-0.05, 0) is 45.2 Å². The molecule has 0 bridgehead atoms. The minimum atomic E-state index is -0.639.